The Hall–Kier alpha value is -2.28. The number of nitrogens with zero attached hydrogens (tertiary/aromatic N) is 1. The number of carbonyl (C=O) groups is 1. The largest absolute Gasteiger partial charge is 0.467 e. The summed E-state index contributed by atoms with van der Waals surface area (Å²) in [7, 11) is 0. The highest BCUT2D eigenvalue weighted by Crippen LogP contribution is 2.25. The Morgan fingerprint density at radius 2 is 2.10 bits per heavy atom. The lowest BCUT2D eigenvalue weighted by molar-refractivity contribution is -0.384. The molecule has 0 bridgehead atoms. The number of hydrogen-bond donors (Lipinski definition) is 1. The quantitative estimate of drug-likeness (QED) is 0.504. The number of rotatable bonds is 6. The van der Waals surface area contributed by atoms with E-state index >= 15 is 0 Å². The molecule has 1 amide bonds. The zero-order chi connectivity index (χ0) is 15.2. The Kier molecular flexibility index (Phi) is 4.99. The molecular formula is C14H14N2O4S. The Labute approximate surface area is 125 Å². The van der Waals surface area contributed by atoms with Crippen molar-refractivity contribution in [2.24, 2.45) is 0 Å². The molecule has 1 aromatic carbocycles. The number of amides is 1. The van der Waals surface area contributed by atoms with Gasteiger partial charge in [0, 0.05) is 17.0 Å². The molecule has 21 heavy (non-hydrogen) atoms. The highest BCUT2D eigenvalue weighted by atomic mass is 32.2. The average Bonchev–Trinajstić information content (AvgIpc) is 2.98. The minimum Gasteiger partial charge on any atom is -0.467 e. The number of carbonyl (C=O) groups excluding carboxylic acids is 1. The third-order valence-corrected chi connectivity index (χ3v) is 3.86. The number of furan rings is 1. The molecule has 110 valence electrons. The van der Waals surface area contributed by atoms with Crippen LogP contribution in [0.15, 0.2) is 52.0 Å². The zero-order valence-corrected chi connectivity index (χ0v) is 12.1. The van der Waals surface area contributed by atoms with Gasteiger partial charge in [0.1, 0.15) is 5.76 Å². The second kappa shape index (κ2) is 6.94. The summed E-state index contributed by atoms with van der Waals surface area (Å²) in [6.45, 7) is 2.13. The summed E-state index contributed by atoms with van der Waals surface area (Å²) in [5.41, 5.74) is 0.0364. The molecule has 0 fully saturated rings. The lowest BCUT2D eigenvalue weighted by atomic mass is 10.3. The smallest absolute Gasteiger partial charge is 0.269 e. The highest BCUT2D eigenvalue weighted by Gasteiger charge is 2.15. The maximum absolute atomic E-state index is 11.9. The van der Waals surface area contributed by atoms with Crippen molar-refractivity contribution < 1.29 is 14.1 Å². The number of hydrogen-bond acceptors (Lipinski definition) is 5. The van der Waals surface area contributed by atoms with Crippen molar-refractivity contribution in [3.63, 3.8) is 0 Å². The molecule has 0 saturated carbocycles. The van der Waals surface area contributed by atoms with E-state index in [4.69, 9.17) is 4.42 Å². The van der Waals surface area contributed by atoms with E-state index in [0.29, 0.717) is 12.3 Å². The van der Waals surface area contributed by atoms with Crippen molar-refractivity contribution in [1.82, 2.24) is 5.32 Å². The Bertz CT molecular complexity index is 610. The van der Waals surface area contributed by atoms with E-state index in [1.54, 1.807) is 37.5 Å². The fourth-order valence-electron chi connectivity index (χ4n) is 1.64. The molecular weight excluding hydrogens is 292 g/mol. The van der Waals surface area contributed by atoms with Gasteiger partial charge in [-0.15, -0.1) is 11.8 Å². The molecule has 0 aliphatic rings. The first-order valence-corrected chi connectivity index (χ1v) is 7.15. The molecule has 0 aliphatic carbocycles. The van der Waals surface area contributed by atoms with Crippen LogP contribution in [0.3, 0.4) is 0 Å². The molecule has 0 spiro atoms. The molecule has 1 heterocycles. The molecule has 1 atom stereocenters. The van der Waals surface area contributed by atoms with Crippen molar-refractivity contribution in [2.45, 2.75) is 23.6 Å². The van der Waals surface area contributed by atoms with Gasteiger partial charge in [-0.05, 0) is 31.2 Å². The number of non-ortho nitro benzene ring substituents is 1. The van der Waals surface area contributed by atoms with Gasteiger partial charge in [-0.3, -0.25) is 14.9 Å². The maximum atomic E-state index is 11.9. The predicted octanol–water partition coefficient (Wildman–Crippen LogP) is 2.98. The summed E-state index contributed by atoms with van der Waals surface area (Å²) < 4.78 is 5.13. The monoisotopic (exact) mass is 306 g/mol. The molecule has 0 aliphatic heterocycles. The number of thioether (sulfide) groups is 1. The van der Waals surface area contributed by atoms with Gasteiger partial charge >= 0.3 is 0 Å². The van der Waals surface area contributed by atoms with Crippen LogP contribution in [-0.2, 0) is 11.3 Å². The second-order valence-electron chi connectivity index (χ2n) is 4.31. The molecule has 0 saturated heterocycles. The normalized spacial score (nSPS) is 11.9. The van der Waals surface area contributed by atoms with Crippen LogP contribution < -0.4 is 5.32 Å². The van der Waals surface area contributed by atoms with E-state index in [9.17, 15) is 14.9 Å². The first-order valence-electron chi connectivity index (χ1n) is 6.27. The van der Waals surface area contributed by atoms with E-state index in [1.807, 2.05) is 0 Å². The van der Waals surface area contributed by atoms with E-state index < -0.39 is 4.92 Å². The van der Waals surface area contributed by atoms with Crippen molar-refractivity contribution in [3.8, 4) is 0 Å². The van der Waals surface area contributed by atoms with Crippen molar-refractivity contribution in [3.05, 3.63) is 58.5 Å². The standard InChI is InChI=1S/C14H14N2O4S/c1-10(14(17)15-9-12-3-2-8-20-12)21-13-6-4-11(5-7-13)16(18)19/h2-8,10H,9H2,1H3,(H,15,17). The maximum Gasteiger partial charge on any atom is 0.269 e. The summed E-state index contributed by atoms with van der Waals surface area (Å²) in [6.07, 6.45) is 1.55. The molecule has 7 heteroatoms. The lowest BCUT2D eigenvalue weighted by Gasteiger charge is -2.11. The third-order valence-electron chi connectivity index (χ3n) is 2.75. The van der Waals surface area contributed by atoms with Gasteiger partial charge in [0.15, 0.2) is 0 Å². The van der Waals surface area contributed by atoms with Crippen LogP contribution in [0, 0.1) is 10.1 Å². The highest BCUT2D eigenvalue weighted by molar-refractivity contribution is 8.00. The van der Waals surface area contributed by atoms with Crippen LogP contribution in [0.4, 0.5) is 5.69 Å². The second-order valence-corrected chi connectivity index (χ2v) is 5.72. The van der Waals surface area contributed by atoms with Gasteiger partial charge in [0.2, 0.25) is 5.91 Å². The molecule has 2 rings (SSSR count). The van der Waals surface area contributed by atoms with Crippen LogP contribution in [-0.4, -0.2) is 16.1 Å². The fourth-order valence-corrected chi connectivity index (χ4v) is 2.53. The number of nitro groups is 1. The van der Waals surface area contributed by atoms with Gasteiger partial charge < -0.3 is 9.73 Å². The summed E-state index contributed by atoms with van der Waals surface area (Å²) in [5, 5.41) is 13.0. The first-order chi connectivity index (χ1) is 10.1. The summed E-state index contributed by atoms with van der Waals surface area (Å²) >= 11 is 1.34. The fraction of sp³-hybridized carbons (Fsp3) is 0.214. The van der Waals surface area contributed by atoms with Gasteiger partial charge in [0.25, 0.3) is 5.69 Å². The summed E-state index contributed by atoms with van der Waals surface area (Å²) in [6, 6.07) is 9.68. The lowest BCUT2D eigenvalue weighted by Crippen LogP contribution is -2.30. The van der Waals surface area contributed by atoms with Crippen LogP contribution >= 0.6 is 11.8 Å². The summed E-state index contributed by atoms with van der Waals surface area (Å²) in [4.78, 5) is 22.9. The Balaban J connectivity index is 1.86. The molecule has 6 nitrogen and oxygen atoms in total. The minimum absolute atomic E-state index is 0.0364. The van der Waals surface area contributed by atoms with Crippen molar-refractivity contribution in [1.29, 1.82) is 0 Å². The molecule has 1 N–H and O–H groups in total. The van der Waals surface area contributed by atoms with Crippen LogP contribution in [0.2, 0.25) is 0 Å². The number of nitrogens with one attached hydrogen (secondary N) is 1. The first kappa shape index (κ1) is 15.1. The summed E-state index contributed by atoms with van der Waals surface area (Å²) in [5.74, 6) is 0.575. The van der Waals surface area contributed by atoms with Crippen LogP contribution in [0.5, 0.6) is 0 Å². The zero-order valence-electron chi connectivity index (χ0n) is 11.3. The van der Waals surface area contributed by atoms with Crippen LogP contribution in [0.25, 0.3) is 0 Å². The van der Waals surface area contributed by atoms with Gasteiger partial charge in [-0.25, -0.2) is 0 Å². The average molecular weight is 306 g/mol. The van der Waals surface area contributed by atoms with Crippen LogP contribution in [0.1, 0.15) is 12.7 Å². The molecule has 1 unspecified atom stereocenters. The predicted molar refractivity (Wildman–Crippen MR) is 79.0 cm³/mol. The van der Waals surface area contributed by atoms with E-state index in [-0.39, 0.29) is 16.8 Å². The number of nitro benzene ring substituents is 1. The van der Waals surface area contributed by atoms with E-state index in [1.165, 1.54) is 23.9 Å². The minimum atomic E-state index is -0.450. The van der Waals surface area contributed by atoms with Gasteiger partial charge in [-0.1, -0.05) is 0 Å². The molecule has 1 aromatic heterocycles. The topological polar surface area (TPSA) is 85.4 Å². The van der Waals surface area contributed by atoms with Gasteiger partial charge in [-0.2, -0.15) is 0 Å². The van der Waals surface area contributed by atoms with E-state index in [0.717, 1.165) is 4.90 Å². The number of benzene rings is 1. The van der Waals surface area contributed by atoms with Gasteiger partial charge in [0.05, 0.1) is 23.0 Å². The Morgan fingerprint density at radius 3 is 2.67 bits per heavy atom. The third kappa shape index (κ3) is 4.35. The molecule has 2 aromatic rings. The molecule has 0 radical (unpaired) electrons. The van der Waals surface area contributed by atoms with Crippen molar-refractivity contribution >= 4 is 23.4 Å². The van der Waals surface area contributed by atoms with Crippen molar-refractivity contribution in [2.75, 3.05) is 0 Å². The van der Waals surface area contributed by atoms with E-state index in [2.05, 4.69) is 5.32 Å². The Morgan fingerprint density at radius 1 is 1.38 bits per heavy atom. The SMILES string of the molecule is CC(Sc1ccc([N+](=O)[O-])cc1)C(=O)NCc1ccco1.